The molecule has 2 aromatic rings. The Hall–Kier alpha value is -1.59. The molecule has 16 heavy (non-hydrogen) atoms. The molecule has 0 atom stereocenters. The van der Waals surface area contributed by atoms with Crippen LogP contribution in [0.2, 0.25) is 10.2 Å². The molecule has 7 heteroatoms. The molecule has 0 aliphatic carbocycles. The summed E-state index contributed by atoms with van der Waals surface area (Å²) in [5.41, 5.74) is 0.366. The average molecular weight is 258 g/mol. The van der Waals surface area contributed by atoms with Crippen molar-refractivity contribution < 1.29 is 9.21 Å². The predicted octanol–water partition coefficient (Wildman–Crippen LogP) is 2.63. The summed E-state index contributed by atoms with van der Waals surface area (Å²) in [6.45, 7) is 0. The smallest absolute Gasteiger partial charge is 0.260 e. The van der Waals surface area contributed by atoms with Gasteiger partial charge in [-0.1, -0.05) is 23.2 Å². The van der Waals surface area contributed by atoms with Gasteiger partial charge < -0.3 is 9.73 Å². The summed E-state index contributed by atoms with van der Waals surface area (Å²) in [5.74, 6) is -0.224. The van der Waals surface area contributed by atoms with Gasteiger partial charge in [0.25, 0.3) is 5.91 Å². The van der Waals surface area contributed by atoms with Gasteiger partial charge in [-0.25, -0.2) is 9.97 Å². The maximum Gasteiger partial charge on any atom is 0.260 e. The third-order valence-electron chi connectivity index (χ3n) is 1.76. The number of carbonyl (C=O) groups is 1. The Morgan fingerprint density at radius 1 is 1.38 bits per heavy atom. The third-order valence-corrected chi connectivity index (χ3v) is 2.50. The van der Waals surface area contributed by atoms with Gasteiger partial charge in [0.2, 0.25) is 0 Å². The van der Waals surface area contributed by atoms with Crippen molar-refractivity contribution in [2.24, 2.45) is 0 Å². The van der Waals surface area contributed by atoms with Gasteiger partial charge in [-0.15, -0.1) is 0 Å². The van der Waals surface area contributed by atoms with Crippen LogP contribution in [-0.2, 0) is 0 Å². The van der Waals surface area contributed by atoms with Crippen molar-refractivity contribution in [1.29, 1.82) is 0 Å². The summed E-state index contributed by atoms with van der Waals surface area (Å²) < 4.78 is 4.77. The second-order valence-corrected chi connectivity index (χ2v) is 3.53. The van der Waals surface area contributed by atoms with Crippen molar-refractivity contribution in [3.05, 3.63) is 40.7 Å². The van der Waals surface area contributed by atoms with E-state index in [2.05, 4.69) is 15.3 Å². The molecule has 0 aliphatic rings. The van der Waals surface area contributed by atoms with E-state index in [1.165, 1.54) is 24.9 Å². The quantitative estimate of drug-likeness (QED) is 0.840. The normalized spacial score (nSPS) is 10.1. The zero-order valence-electron chi connectivity index (χ0n) is 7.78. The van der Waals surface area contributed by atoms with Crippen LogP contribution in [0.3, 0.4) is 0 Å². The lowest BCUT2D eigenvalue weighted by Gasteiger charge is -2.04. The zero-order valence-corrected chi connectivity index (χ0v) is 9.29. The van der Waals surface area contributed by atoms with Crippen LogP contribution in [0.5, 0.6) is 0 Å². The molecule has 0 aromatic carbocycles. The van der Waals surface area contributed by atoms with E-state index in [0.29, 0.717) is 5.56 Å². The highest BCUT2D eigenvalue weighted by Gasteiger charge is 2.12. The second kappa shape index (κ2) is 4.51. The van der Waals surface area contributed by atoms with E-state index < -0.39 is 0 Å². The van der Waals surface area contributed by atoms with Crippen LogP contribution >= 0.6 is 23.2 Å². The van der Waals surface area contributed by atoms with E-state index in [4.69, 9.17) is 27.6 Å². The van der Waals surface area contributed by atoms with Crippen molar-refractivity contribution in [3.63, 3.8) is 0 Å². The van der Waals surface area contributed by atoms with Crippen LogP contribution in [0.4, 0.5) is 5.82 Å². The Bertz CT molecular complexity index is 513. The van der Waals surface area contributed by atoms with Crippen LogP contribution in [0.15, 0.2) is 29.3 Å². The number of halogens is 2. The molecule has 0 spiro atoms. The molecule has 0 radical (unpaired) electrons. The topological polar surface area (TPSA) is 68.0 Å². The molecule has 0 unspecified atom stereocenters. The highest BCUT2D eigenvalue weighted by molar-refractivity contribution is 6.43. The van der Waals surface area contributed by atoms with Gasteiger partial charge in [0.15, 0.2) is 11.0 Å². The maximum absolute atomic E-state index is 11.6. The first-order chi connectivity index (χ1) is 7.68. The number of nitrogens with one attached hydrogen (secondary N) is 1. The third kappa shape index (κ3) is 2.15. The lowest BCUT2D eigenvalue weighted by molar-refractivity contribution is 0.102. The van der Waals surface area contributed by atoms with Crippen LogP contribution in [0.1, 0.15) is 10.4 Å². The number of aromatic nitrogens is 2. The van der Waals surface area contributed by atoms with Gasteiger partial charge in [-0.3, -0.25) is 4.79 Å². The number of furan rings is 1. The van der Waals surface area contributed by atoms with Crippen molar-refractivity contribution in [2.45, 2.75) is 0 Å². The Morgan fingerprint density at radius 3 is 2.88 bits per heavy atom. The summed E-state index contributed by atoms with van der Waals surface area (Å²) in [6.07, 6.45) is 3.91. The van der Waals surface area contributed by atoms with Crippen LogP contribution in [0.25, 0.3) is 0 Å². The fraction of sp³-hybridized carbons (Fsp3) is 0. The molecule has 0 saturated heterocycles. The molecule has 0 fully saturated rings. The number of amides is 1. The fourth-order valence-corrected chi connectivity index (χ4v) is 1.29. The second-order valence-electron chi connectivity index (χ2n) is 2.79. The Kier molecular flexibility index (Phi) is 3.07. The summed E-state index contributed by atoms with van der Waals surface area (Å²) >= 11 is 11.5. The summed E-state index contributed by atoms with van der Waals surface area (Å²) in [5, 5.41) is 2.67. The molecule has 5 nitrogen and oxygen atoms in total. The molecule has 2 aromatic heterocycles. The van der Waals surface area contributed by atoms with Crippen LogP contribution in [0, 0.1) is 0 Å². The summed E-state index contributed by atoms with van der Waals surface area (Å²) in [6, 6.07) is 1.52. The minimum absolute atomic E-state index is 0.0826. The minimum Gasteiger partial charge on any atom is -0.472 e. The number of nitrogens with zero attached hydrogens (tertiary/aromatic N) is 2. The lowest BCUT2D eigenvalue weighted by Crippen LogP contribution is -2.12. The van der Waals surface area contributed by atoms with Crippen molar-refractivity contribution in [1.82, 2.24) is 9.97 Å². The van der Waals surface area contributed by atoms with E-state index in [1.807, 2.05) is 0 Å². The van der Waals surface area contributed by atoms with Crippen molar-refractivity contribution >= 4 is 34.9 Å². The monoisotopic (exact) mass is 257 g/mol. The molecule has 2 heterocycles. The van der Waals surface area contributed by atoms with E-state index in [9.17, 15) is 4.79 Å². The molecule has 1 amide bonds. The number of anilines is 1. The Balaban J connectivity index is 2.22. The first kappa shape index (κ1) is 10.9. The predicted molar refractivity (Wildman–Crippen MR) is 58.7 cm³/mol. The number of hydrogen-bond acceptors (Lipinski definition) is 4. The van der Waals surface area contributed by atoms with Crippen LogP contribution < -0.4 is 5.32 Å². The van der Waals surface area contributed by atoms with E-state index >= 15 is 0 Å². The standard InChI is InChI=1S/C9H5Cl2N3O2/c10-6-7(11)12-4-13-8(6)14-9(15)5-1-2-16-3-5/h1-4H,(H,12,13,14,15). The minimum atomic E-state index is -0.384. The van der Waals surface area contributed by atoms with E-state index in [-0.39, 0.29) is 21.9 Å². The van der Waals surface area contributed by atoms with Gasteiger partial charge >= 0.3 is 0 Å². The maximum atomic E-state index is 11.6. The molecule has 0 bridgehead atoms. The molecule has 2 rings (SSSR count). The lowest BCUT2D eigenvalue weighted by atomic mass is 10.3. The van der Waals surface area contributed by atoms with Gasteiger partial charge in [-0.2, -0.15) is 0 Å². The molecular weight excluding hydrogens is 253 g/mol. The largest absolute Gasteiger partial charge is 0.472 e. The van der Waals surface area contributed by atoms with Gasteiger partial charge in [0.05, 0.1) is 11.8 Å². The first-order valence-corrected chi connectivity index (χ1v) is 4.93. The van der Waals surface area contributed by atoms with Gasteiger partial charge in [-0.05, 0) is 6.07 Å². The summed E-state index contributed by atoms with van der Waals surface area (Å²) in [4.78, 5) is 19.1. The highest BCUT2D eigenvalue weighted by atomic mass is 35.5. The molecular formula is C9H5Cl2N3O2. The highest BCUT2D eigenvalue weighted by Crippen LogP contribution is 2.25. The number of carbonyl (C=O) groups excluding carboxylic acids is 1. The zero-order chi connectivity index (χ0) is 11.5. The molecule has 0 saturated carbocycles. The number of rotatable bonds is 2. The van der Waals surface area contributed by atoms with Gasteiger partial charge in [0.1, 0.15) is 17.6 Å². The van der Waals surface area contributed by atoms with E-state index in [0.717, 1.165) is 0 Å². The Labute approximate surface area is 100 Å². The fourth-order valence-electron chi connectivity index (χ4n) is 1.01. The summed E-state index contributed by atoms with van der Waals surface area (Å²) in [7, 11) is 0. The molecule has 82 valence electrons. The van der Waals surface area contributed by atoms with Crippen molar-refractivity contribution in [3.8, 4) is 0 Å². The molecule has 0 aliphatic heterocycles. The van der Waals surface area contributed by atoms with E-state index in [1.54, 1.807) is 0 Å². The molecule has 1 N–H and O–H groups in total. The van der Waals surface area contributed by atoms with Gasteiger partial charge in [0, 0.05) is 0 Å². The Morgan fingerprint density at radius 2 is 2.19 bits per heavy atom. The number of hydrogen-bond donors (Lipinski definition) is 1. The van der Waals surface area contributed by atoms with Crippen LogP contribution in [-0.4, -0.2) is 15.9 Å². The first-order valence-electron chi connectivity index (χ1n) is 4.18. The average Bonchev–Trinajstić information content (AvgIpc) is 2.78. The van der Waals surface area contributed by atoms with Crippen molar-refractivity contribution in [2.75, 3.05) is 5.32 Å². The SMILES string of the molecule is O=C(Nc1ncnc(Cl)c1Cl)c1ccoc1.